The third-order valence-electron chi connectivity index (χ3n) is 6.01. The van der Waals surface area contributed by atoms with E-state index in [1.807, 2.05) is 12.1 Å². The Morgan fingerprint density at radius 3 is 2.57 bits per heavy atom. The van der Waals surface area contributed by atoms with Gasteiger partial charge < -0.3 is 10.4 Å². The predicted molar refractivity (Wildman–Crippen MR) is 110 cm³/mol. The smallest absolute Gasteiger partial charge is 0.185 e. The first kappa shape index (κ1) is 17.8. The Morgan fingerprint density at radius 1 is 1.07 bits per heavy atom. The van der Waals surface area contributed by atoms with Crippen molar-refractivity contribution in [1.82, 2.24) is 25.5 Å². The summed E-state index contributed by atoms with van der Waals surface area (Å²) < 4.78 is 0. The van der Waals surface area contributed by atoms with E-state index in [0.29, 0.717) is 16.6 Å². The number of piperidine rings is 1. The Labute approximate surface area is 168 Å². The lowest BCUT2D eigenvalue weighted by atomic mass is 9.88. The minimum absolute atomic E-state index is 0.137. The highest BCUT2D eigenvalue weighted by Crippen LogP contribution is 2.46. The van der Waals surface area contributed by atoms with Crippen molar-refractivity contribution < 1.29 is 5.11 Å². The molecule has 2 fully saturated rings. The van der Waals surface area contributed by atoms with Gasteiger partial charge in [-0.15, -0.1) is 10.2 Å². The standard InChI is InChI=1S/C21H23N5OS/c1-20-4-5-21(2,26-20)10-15(9-20)28-18-12-23-19(25-24-18)16-7-13-3-6-22-11-14(13)8-17(16)27/h3,6-8,11-12,15,26-27H,4-5,9-10H2,1-2H3/t15?,20-,21+. The summed E-state index contributed by atoms with van der Waals surface area (Å²) in [6, 6.07) is 5.47. The van der Waals surface area contributed by atoms with E-state index in [4.69, 9.17) is 0 Å². The van der Waals surface area contributed by atoms with Gasteiger partial charge in [-0.1, -0.05) is 11.8 Å². The van der Waals surface area contributed by atoms with Crippen LogP contribution in [-0.4, -0.2) is 41.6 Å². The molecule has 3 atom stereocenters. The molecule has 2 aliphatic rings. The maximum Gasteiger partial charge on any atom is 0.185 e. The molecule has 0 radical (unpaired) electrons. The Morgan fingerprint density at radius 2 is 1.86 bits per heavy atom. The van der Waals surface area contributed by atoms with Crippen LogP contribution in [0, 0.1) is 0 Å². The highest BCUT2D eigenvalue weighted by Gasteiger charge is 2.48. The van der Waals surface area contributed by atoms with Crippen molar-refractivity contribution in [3.05, 3.63) is 36.8 Å². The van der Waals surface area contributed by atoms with Gasteiger partial charge in [-0.25, -0.2) is 4.98 Å². The fourth-order valence-electron chi connectivity index (χ4n) is 4.79. The largest absolute Gasteiger partial charge is 0.507 e. The van der Waals surface area contributed by atoms with E-state index in [9.17, 15) is 5.11 Å². The zero-order chi connectivity index (χ0) is 19.4. The number of phenolic OH excluding ortho intramolecular Hbond substituents is 1. The molecule has 2 bridgehead atoms. The van der Waals surface area contributed by atoms with E-state index >= 15 is 0 Å². The molecule has 2 N–H and O–H groups in total. The molecule has 0 aliphatic carbocycles. The predicted octanol–water partition coefficient (Wildman–Crippen LogP) is 3.95. The molecule has 1 aromatic carbocycles. The normalized spacial score (nSPS) is 29.3. The van der Waals surface area contributed by atoms with Crippen LogP contribution >= 0.6 is 11.8 Å². The second-order valence-corrected chi connectivity index (χ2v) is 9.93. The number of hydrogen-bond donors (Lipinski definition) is 2. The van der Waals surface area contributed by atoms with Crippen molar-refractivity contribution in [3.63, 3.8) is 0 Å². The lowest BCUT2D eigenvalue weighted by molar-refractivity contribution is 0.241. The summed E-state index contributed by atoms with van der Waals surface area (Å²) in [5.74, 6) is 0.573. The highest BCUT2D eigenvalue weighted by atomic mass is 32.2. The number of pyridine rings is 1. The van der Waals surface area contributed by atoms with Crippen LogP contribution in [0.15, 0.2) is 41.8 Å². The molecule has 7 heteroatoms. The zero-order valence-corrected chi connectivity index (χ0v) is 16.8. The minimum Gasteiger partial charge on any atom is -0.507 e. The van der Waals surface area contributed by atoms with Gasteiger partial charge in [0.05, 0.1) is 11.8 Å². The lowest BCUT2D eigenvalue weighted by Gasteiger charge is -2.41. The molecule has 4 heterocycles. The van der Waals surface area contributed by atoms with Crippen molar-refractivity contribution in [3.8, 4) is 17.1 Å². The average Bonchev–Trinajstić information content (AvgIpc) is 2.89. The topological polar surface area (TPSA) is 83.8 Å². The summed E-state index contributed by atoms with van der Waals surface area (Å²) in [4.78, 5) is 8.57. The maximum absolute atomic E-state index is 10.4. The van der Waals surface area contributed by atoms with E-state index in [1.54, 1.807) is 36.4 Å². The summed E-state index contributed by atoms with van der Waals surface area (Å²) in [7, 11) is 0. The first-order valence-corrected chi connectivity index (χ1v) is 10.5. The molecule has 2 aromatic heterocycles. The van der Waals surface area contributed by atoms with Crippen LogP contribution in [0.25, 0.3) is 22.2 Å². The van der Waals surface area contributed by atoms with Crippen LogP contribution in [0.5, 0.6) is 5.75 Å². The number of aromatic nitrogens is 4. The summed E-state index contributed by atoms with van der Waals surface area (Å²) >= 11 is 1.77. The van der Waals surface area contributed by atoms with E-state index < -0.39 is 0 Å². The summed E-state index contributed by atoms with van der Waals surface area (Å²) in [6.07, 6.45) is 9.98. The van der Waals surface area contributed by atoms with Crippen molar-refractivity contribution >= 4 is 22.5 Å². The van der Waals surface area contributed by atoms with Crippen molar-refractivity contribution in [1.29, 1.82) is 0 Å². The fraction of sp³-hybridized carbons (Fsp3) is 0.429. The van der Waals surface area contributed by atoms with Crippen LogP contribution < -0.4 is 5.32 Å². The molecule has 2 saturated heterocycles. The third-order valence-corrected chi connectivity index (χ3v) is 7.11. The van der Waals surface area contributed by atoms with E-state index in [-0.39, 0.29) is 16.8 Å². The first-order chi connectivity index (χ1) is 13.4. The number of thioether (sulfide) groups is 1. The number of benzene rings is 1. The van der Waals surface area contributed by atoms with Crippen molar-refractivity contribution in [2.24, 2.45) is 0 Å². The maximum atomic E-state index is 10.4. The molecular weight excluding hydrogens is 370 g/mol. The number of nitrogens with zero attached hydrogens (tertiary/aromatic N) is 4. The van der Waals surface area contributed by atoms with Crippen molar-refractivity contribution in [2.75, 3.05) is 0 Å². The monoisotopic (exact) mass is 393 g/mol. The molecule has 0 saturated carbocycles. The Bertz CT molecular complexity index is 1020. The van der Waals surface area contributed by atoms with E-state index in [0.717, 1.165) is 28.6 Å². The Balaban J connectivity index is 1.37. The molecule has 0 amide bonds. The second kappa shape index (κ2) is 6.39. The number of phenols is 1. The average molecular weight is 394 g/mol. The quantitative estimate of drug-likeness (QED) is 0.697. The van der Waals surface area contributed by atoms with Gasteiger partial charge in [0, 0.05) is 34.1 Å². The van der Waals surface area contributed by atoms with Gasteiger partial charge in [0.2, 0.25) is 0 Å². The number of hydrogen-bond acceptors (Lipinski definition) is 7. The number of nitrogens with one attached hydrogen (secondary N) is 1. The fourth-order valence-corrected chi connectivity index (χ4v) is 6.23. The van der Waals surface area contributed by atoms with Gasteiger partial charge in [-0.2, -0.15) is 0 Å². The number of rotatable bonds is 3. The van der Waals surface area contributed by atoms with Crippen LogP contribution in [0.1, 0.15) is 39.5 Å². The van der Waals surface area contributed by atoms with Gasteiger partial charge in [0.15, 0.2) is 5.82 Å². The van der Waals surface area contributed by atoms with Gasteiger partial charge >= 0.3 is 0 Å². The third kappa shape index (κ3) is 3.22. The van der Waals surface area contributed by atoms with Crippen LogP contribution in [0.4, 0.5) is 0 Å². The summed E-state index contributed by atoms with van der Waals surface area (Å²) in [6.45, 7) is 4.66. The molecule has 0 spiro atoms. The Kier molecular flexibility index (Phi) is 4.07. The summed E-state index contributed by atoms with van der Waals surface area (Å²) in [5.41, 5.74) is 1.05. The molecular formula is C21H23N5OS. The minimum atomic E-state index is 0.137. The zero-order valence-electron chi connectivity index (χ0n) is 16.0. The van der Waals surface area contributed by atoms with Gasteiger partial charge in [0.1, 0.15) is 10.8 Å². The molecule has 3 aromatic rings. The molecule has 28 heavy (non-hydrogen) atoms. The van der Waals surface area contributed by atoms with Gasteiger partial charge in [-0.3, -0.25) is 4.98 Å². The van der Waals surface area contributed by atoms with Gasteiger partial charge in [0.25, 0.3) is 0 Å². The highest BCUT2D eigenvalue weighted by molar-refractivity contribution is 7.99. The number of aromatic hydroxyl groups is 1. The molecule has 1 unspecified atom stereocenters. The molecule has 6 nitrogen and oxygen atoms in total. The Hall–Kier alpha value is -2.25. The summed E-state index contributed by atoms with van der Waals surface area (Å²) in [5, 5.41) is 26.1. The molecule has 144 valence electrons. The molecule has 5 rings (SSSR count). The van der Waals surface area contributed by atoms with Crippen molar-refractivity contribution in [2.45, 2.75) is 60.9 Å². The SMILES string of the molecule is C[C@]12CC[C@](C)(CC(Sc3cnc(-c4cc5ccncc5cc4O)nn3)C1)N2. The van der Waals surface area contributed by atoms with Crippen LogP contribution in [0.3, 0.4) is 0 Å². The lowest BCUT2D eigenvalue weighted by Crippen LogP contribution is -2.54. The molecule has 2 aliphatic heterocycles. The number of fused-ring (bicyclic) bond motifs is 3. The van der Waals surface area contributed by atoms with E-state index in [1.165, 1.54) is 12.8 Å². The second-order valence-electron chi connectivity index (χ2n) is 8.61. The first-order valence-electron chi connectivity index (χ1n) is 9.64. The van der Waals surface area contributed by atoms with Gasteiger partial charge in [-0.05, 0) is 63.1 Å². The van der Waals surface area contributed by atoms with E-state index in [2.05, 4.69) is 39.3 Å². The van der Waals surface area contributed by atoms with Crippen LogP contribution in [-0.2, 0) is 0 Å². The van der Waals surface area contributed by atoms with Crippen LogP contribution in [0.2, 0.25) is 0 Å².